The van der Waals surface area contributed by atoms with E-state index in [-0.39, 0.29) is 72.9 Å². The minimum absolute atomic E-state index is 0.0620. The van der Waals surface area contributed by atoms with Crippen molar-refractivity contribution >= 4 is 40.5 Å². The molecule has 376 valence electrons. The molecule has 66 heavy (non-hydrogen) atoms. The van der Waals surface area contributed by atoms with Crippen LogP contribution in [0.4, 0.5) is 0 Å². The highest BCUT2D eigenvalue weighted by Gasteiger charge is 2.50. The minimum atomic E-state index is -1.73. The topological polar surface area (TPSA) is 197 Å². The Balaban J connectivity index is 1.46. The Hall–Kier alpha value is -2.62. The summed E-state index contributed by atoms with van der Waals surface area (Å²) in [5.74, 6) is -2.46. The predicted molar refractivity (Wildman–Crippen MR) is 258 cm³/mol. The standard InChI is InChI=1S/C49H80IN3O13/c1-26(16-18-34-40(55)38-35(25-63-45(38)58)32(7)41(34)61-15)17-19-37(54)62-21-20-52(13)36-22-28(3)64-46(39(36)51(11)12)65-43-30(5)29(4)31(6)44(57)66-47(50)49(10,60)42(56)33(8)53(14)24-27(2)23-48(43,9)59/h16,27-31,33,36,39,42-43,46-47,55-56,59-60H,17-25H2,1-15H3/b26-16+/t27-,28-,29+,30+,31-,33-,36-,39+,42-,43-,46+,47+,48-,49+/m1/s1. The Bertz CT molecular complexity index is 1880. The fraction of sp³-hybridized carbons (Fsp3) is 0.776. The molecule has 0 spiro atoms. The average Bonchev–Trinajstić information content (AvgIpc) is 3.64. The van der Waals surface area contributed by atoms with Crippen LogP contribution < -0.4 is 4.74 Å². The molecule has 0 unspecified atom stereocenters. The van der Waals surface area contributed by atoms with Crippen LogP contribution in [-0.4, -0.2) is 166 Å². The van der Waals surface area contributed by atoms with Gasteiger partial charge in [0.1, 0.15) is 42.0 Å². The third-order valence-corrected chi connectivity index (χ3v) is 16.2. The van der Waals surface area contributed by atoms with E-state index in [1.807, 2.05) is 110 Å². The van der Waals surface area contributed by atoms with Crippen molar-refractivity contribution in [3.63, 3.8) is 0 Å². The van der Waals surface area contributed by atoms with Crippen LogP contribution in [0.2, 0.25) is 0 Å². The molecular formula is C49H80IN3O13. The number of cyclic esters (lactones) is 2. The van der Waals surface area contributed by atoms with Crippen LogP contribution in [0.25, 0.3) is 0 Å². The number of alkyl halides is 1. The molecule has 3 aliphatic rings. The molecule has 3 aliphatic heterocycles. The average molecular weight is 1050 g/mol. The highest BCUT2D eigenvalue weighted by atomic mass is 127. The first-order valence-electron chi connectivity index (χ1n) is 23.4. The van der Waals surface area contributed by atoms with Crippen LogP contribution in [0.5, 0.6) is 11.5 Å². The van der Waals surface area contributed by atoms with Crippen molar-refractivity contribution < 1.29 is 63.2 Å². The van der Waals surface area contributed by atoms with Crippen molar-refractivity contribution in [1.29, 1.82) is 0 Å². The van der Waals surface area contributed by atoms with Crippen molar-refractivity contribution in [3.8, 4) is 11.5 Å². The number of aliphatic hydroxyl groups excluding tert-OH is 1. The molecule has 0 bridgehead atoms. The van der Waals surface area contributed by atoms with Crippen LogP contribution in [0.1, 0.15) is 115 Å². The number of halogens is 1. The van der Waals surface area contributed by atoms with E-state index in [4.69, 9.17) is 28.4 Å². The number of allylic oxidation sites excluding steroid dienone is 2. The smallest absolute Gasteiger partial charge is 0.342 e. The summed E-state index contributed by atoms with van der Waals surface area (Å²) < 4.78 is 35.0. The van der Waals surface area contributed by atoms with Gasteiger partial charge >= 0.3 is 17.9 Å². The fourth-order valence-corrected chi connectivity index (χ4v) is 10.7. The fourth-order valence-electron chi connectivity index (χ4n) is 10.1. The molecule has 0 radical (unpaired) electrons. The van der Waals surface area contributed by atoms with Crippen LogP contribution in [0.15, 0.2) is 11.6 Å². The number of esters is 3. The lowest BCUT2D eigenvalue weighted by Crippen LogP contribution is -2.63. The van der Waals surface area contributed by atoms with Gasteiger partial charge in [-0.1, -0.05) is 39.3 Å². The van der Waals surface area contributed by atoms with E-state index in [9.17, 15) is 34.8 Å². The van der Waals surface area contributed by atoms with Gasteiger partial charge in [-0.2, -0.15) is 0 Å². The lowest BCUT2D eigenvalue weighted by atomic mass is 9.74. The van der Waals surface area contributed by atoms with Gasteiger partial charge in [-0.15, -0.1) is 0 Å². The number of fused-ring (bicyclic) bond motifs is 1. The molecule has 4 N–H and O–H groups in total. The molecule has 4 rings (SSSR count). The number of rotatable bonds is 13. The monoisotopic (exact) mass is 1050 g/mol. The molecule has 0 amide bonds. The molecule has 16 nitrogen and oxygen atoms in total. The van der Waals surface area contributed by atoms with Gasteiger partial charge in [-0.3, -0.25) is 14.5 Å². The Labute approximate surface area is 406 Å². The third kappa shape index (κ3) is 13.0. The summed E-state index contributed by atoms with van der Waals surface area (Å²) in [4.78, 5) is 45.2. The van der Waals surface area contributed by atoms with Crippen LogP contribution >= 0.6 is 22.6 Å². The highest BCUT2D eigenvalue weighted by Crippen LogP contribution is 2.43. The van der Waals surface area contributed by atoms with Gasteiger partial charge in [0, 0.05) is 42.7 Å². The molecule has 1 aromatic carbocycles. The number of nitrogens with zero attached hydrogens (tertiary/aromatic N) is 3. The number of benzene rings is 1. The number of aromatic hydroxyl groups is 1. The molecule has 0 aliphatic carbocycles. The molecule has 2 fully saturated rings. The van der Waals surface area contributed by atoms with E-state index in [1.54, 1.807) is 13.8 Å². The number of likely N-dealkylation sites (N-methyl/N-ethyl adjacent to an activating group) is 3. The first kappa shape index (κ1) is 56.0. The quantitative estimate of drug-likeness (QED) is 0.0646. The van der Waals surface area contributed by atoms with Crippen molar-refractivity contribution in [2.24, 2.45) is 23.7 Å². The first-order chi connectivity index (χ1) is 30.7. The van der Waals surface area contributed by atoms with Crippen molar-refractivity contribution in [2.45, 2.75) is 166 Å². The van der Waals surface area contributed by atoms with Gasteiger partial charge in [-0.25, -0.2) is 4.79 Å². The van der Waals surface area contributed by atoms with Gasteiger partial charge in [0.25, 0.3) is 0 Å². The molecule has 17 heteroatoms. The zero-order valence-electron chi connectivity index (χ0n) is 42.1. The number of aliphatic hydroxyl groups is 3. The number of carbonyl (C=O) groups is 3. The van der Waals surface area contributed by atoms with Crippen LogP contribution in [0.3, 0.4) is 0 Å². The molecule has 14 atom stereocenters. The van der Waals surface area contributed by atoms with Gasteiger partial charge in [0.2, 0.25) is 0 Å². The molecule has 1 aromatic rings. The minimum Gasteiger partial charge on any atom is -0.507 e. The zero-order valence-corrected chi connectivity index (χ0v) is 44.2. The van der Waals surface area contributed by atoms with Crippen molar-refractivity contribution in [3.05, 3.63) is 33.9 Å². The van der Waals surface area contributed by atoms with Gasteiger partial charge in [0.05, 0.1) is 36.9 Å². The summed E-state index contributed by atoms with van der Waals surface area (Å²) in [6, 6.07) is -0.876. The number of hydrogen-bond acceptors (Lipinski definition) is 16. The van der Waals surface area contributed by atoms with E-state index in [0.717, 1.165) is 11.1 Å². The normalized spacial score (nSPS) is 35.5. The third-order valence-electron chi connectivity index (χ3n) is 14.7. The molecular weight excluding hydrogens is 965 g/mol. The summed E-state index contributed by atoms with van der Waals surface area (Å²) >= 11 is 1.88. The van der Waals surface area contributed by atoms with E-state index in [1.165, 1.54) is 14.0 Å². The number of phenols is 1. The maximum atomic E-state index is 13.7. The largest absolute Gasteiger partial charge is 0.507 e. The lowest BCUT2D eigenvalue weighted by molar-refractivity contribution is -0.285. The summed E-state index contributed by atoms with van der Waals surface area (Å²) in [6.45, 7) is 19.8. The van der Waals surface area contributed by atoms with E-state index < -0.39 is 57.7 Å². The number of phenolic OH excluding ortho intramolecular Hbond substituents is 1. The van der Waals surface area contributed by atoms with E-state index in [0.29, 0.717) is 55.6 Å². The second kappa shape index (κ2) is 23.3. The summed E-state index contributed by atoms with van der Waals surface area (Å²) in [6.07, 6.45) is 0.846. The second-order valence-electron chi connectivity index (χ2n) is 20.3. The lowest BCUT2D eigenvalue weighted by Gasteiger charge is -2.50. The molecule has 2 saturated heterocycles. The Kier molecular flexibility index (Phi) is 19.8. The number of methoxy groups -OCH3 is 1. The van der Waals surface area contributed by atoms with Crippen LogP contribution in [0, 0.1) is 30.6 Å². The predicted octanol–water partition coefficient (Wildman–Crippen LogP) is 5.38. The van der Waals surface area contributed by atoms with Crippen LogP contribution in [-0.2, 0) is 46.3 Å². The number of carbonyl (C=O) groups excluding carboxylic acids is 3. The van der Waals surface area contributed by atoms with E-state index >= 15 is 0 Å². The van der Waals surface area contributed by atoms with Gasteiger partial charge in [-0.05, 0) is 141 Å². The van der Waals surface area contributed by atoms with Gasteiger partial charge in [0.15, 0.2) is 10.4 Å². The summed E-state index contributed by atoms with van der Waals surface area (Å²) in [5.41, 5.74) is -0.138. The number of hydrogen-bond donors (Lipinski definition) is 4. The second-order valence-corrected chi connectivity index (χ2v) is 21.4. The van der Waals surface area contributed by atoms with E-state index in [2.05, 4.69) is 9.80 Å². The Morgan fingerprint density at radius 2 is 1.70 bits per heavy atom. The number of ether oxygens (including phenoxy) is 6. The Morgan fingerprint density at radius 1 is 1.05 bits per heavy atom. The molecule has 3 heterocycles. The SMILES string of the molecule is COc1c(C)c2c(c(O)c1C/C=C(\C)CCC(=O)OCCN(C)[C@@H]1C[C@@H](C)O[C@@H](O[C@@H]3[C@@H](C)[C@H](C)[C@@H](C)C(=O)O[C@H](I)[C@@](C)(O)[C@H](O)[C@@H](C)N(C)C[C@H](C)C[C@@]3(C)O)[C@H]1N(C)C)C(=O)OC2. The summed E-state index contributed by atoms with van der Waals surface area (Å²) in [7, 11) is 9.32. The zero-order chi connectivity index (χ0) is 49.7. The van der Waals surface area contributed by atoms with Gasteiger partial charge < -0.3 is 58.6 Å². The maximum absolute atomic E-state index is 13.7. The first-order valence-corrected chi connectivity index (χ1v) is 24.6. The van der Waals surface area contributed by atoms with Crippen molar-refractivity contribution in [1.82, 2.24) is 14.7 Å². The molecule has 0 aromatic heterocycles. The highest BCUT2D eigenvalue weighted by molar-refractivity contribution is 14.1. The maximum Gasteiger partial charge on any atom is 0.342 e. The summed E-state index contributed by atoms with van der Waals surface area (Å²) in [5, 5.41) is 46.3. The molecule has 0 saturated carbocycles. The van der Waals surface area contributed by atoms with Crippen molar-refractivity contribution in [2.75, 3.05) is 55.0 Å². The Morgan fingerprint density at radius 3 is 2.32 bits per heavy atom.